The number of amides is 2. The molecule has 2 rings (SSSR count). The zero-order chi connectivity index (χ0) is 12.5. The lowest BCUT2D eigenvalue weighted by molar-refractivity contribution is 0.0117. The highest BCUT2D eigenvalue weighted by molar-refractivity contribution is 7.08. The molecule has 1 aliphatic heterocycles. The van der Waals surface area contributed by atoms with Crippen molar-refractivity contribution in [1.82, 2.24) is 4.90 Å². The Kier molecular flexibility index (Phi) is 3.40. The molecule has 0 radical (unpaired) electrons. The van der Waals surface area contributed by atoms with Crippen molar-refractivity contribution in [2.45, 2.75) is 38.3 Å². The predicted octanol–water partition coefficient (Wildman–Crippen LogP) is 2.52. The Balaban J connectivity index is 2.04. The van der Waals surface area contributed by atoms with Crippen LogP contribution in [0.15, 0.2) is 16.8 Å². The van der Waals surface area contributed by atoms with Crippen molar-refractivity contribution >= 4 is 23.1 Å². The largest absolute Gasteiger partial charge is 0.388 e. The van der Waals surface area contributed by atoms with Gasteiger partial charge in [0.1, 0.15) is 0 Å². The van der Waals surface area contributed by atoms with E-state index in [1.54, 1.807) is 30.1 Å². The zero-order valence-electron chi connectivity index (χ0n) is 10.1. The van der Waals surface area contributed by atoms with E-state index >= 15 is 0 Å². The van der Waals surface area contributed by atoms with Gasteiger partial charge in [0.2, 0.25) is 0 Å². The van der Waals surface area contributed by atoms with E-state index in [4.69, 9.17) is 0 Å². The molecule has 1 atom stereocenters. The summed E-state index contributed by atoms with van der Waals surface area (Å²) in [6, 6.07) is 1.66. The Labute approximate surface area is 105 Å². The second kappa shape index (κ2) is 4.66. The van der Waals surface area contributed by atoms with Gasteiger partial charge in [-0.1, -0.05) is 0 Å². The average Bonchev–Trinajstić information content (AvgIpc) is 2.85. The molecule has 0 aliphatic carbocycles. The molecule has 2 N–H and O–H groups in total. The number of nitrogens with one attached hydrogen (secondary N) is 1. The van der Waals surface area contributed by atoms with E-state index in [0.29, 0.717) is 6.54 Å². The number of urea groups is 1. The molecule has 0 bridgehead atoms. The topological polar surface area (TPSA) is 52.6 Å². The van der Waals surface area contributed by atoms with Gasteiger partial charge in [-0.05, 0) is 38.1 Å². The van der Waals surface area contributed by atoms with Gasteiger partial charge in [-0.25, -0.2) is 4.79 Å². The Hall–Kier alpha value is -1.07. The molecule has 0 spiro atoms. The number of nitrogens with zero attached hydrogens (tertiary/aromatic N) is 1. The molecule has 4 nitrogen and oxygen atoms in total. The van der Waals surface area contributed by atoms with Gasteiger partial charge in [-0.3, -0.25) is 0 Å². The summed E-state index contributed by atoms with van der Waals surface area (Å²) in [7, 11) is 0. The summed E-state index contributed by atoms with van der Waals surface area (Å²) in [5.74, 6) is 0. The Bertz CT molecular complexity index is 384. The summed E-state index contributed by atoms with van der Waals surface area (Å²) < 4.78 is 0. The normalized spacial score (nSPS) is 20.6. The number of carbonyl (C=O) groups is 1. The van der Waals surface area contributed by atoms with Crippen LogP contribution in [0.5, 0.6) is 0 Å². The van der Waals surface area contributed by atoms with Crippen molar-refractivity contribution in [2.24, 2.45) is 0 Å². The summed E-state index contributed by atoms with van der Waals surface area (Å²) >= 11 is 1.55. The van der Waals surface area contributed by atoms with Crippen LogP contribution in [-0.2, 0) is 0 Å². The first-order valence-electron chi connectivity index (χ1n) is 5.80. The fourth-order valence-corrected chi connectivity index (χ4v) is 2.86. The Morgan fingerprint density at radius 1 is 1.65 bits per heavy atom. The molecule has 1 fully saturated rings. The summed E-state index contributed by atoms with van der Waals surface area (Å²) in [5, 5.41) is 16.7. The molecule has 5 heteroatoms. The van der Waals surface area contributed by atoms with Crippen molar-refractivity contribution in [1.29, 1.82) is 0 Å². The SMILES string of the molecule is CC(C)(O)C1CCCN1C(=O)Nc1ccsc1. The van der Waals surface area contributed by atoms with Crippen LogP contribution in [0.3, 0.4) is 0 Å². The van der Waals surface area contributed by atoms with E-state index < -0.39 is 5.60 Å². The minimum Gasteiger partial charge on any atom is -0.388 e. The van der Waals surface area contributed by atoms with Crippen LogP contribution < -0.4 is 5.32 Å². The van der Waals surface area contributed by atoms with E-state index in [9.17, 15) is 9.90 Å². The highest BCUT2D eigenvalue weighted by Crippen LogP contribution is 2.27. The van der Waals surface area contributed by atoms with Crippen LogP contribution in [0, 0.1) is 0 Å². The Morgan fingerprint density at radius 3 is 3.00 bits per heavy atom. The van der Waals surface area contributed by atoms with Gasteiger partial charge in [0.25, 0.3) is 0 Å². The maximum Gasteiger partial charge on any atom is 0.322 e. The number of rotatable bonds is 2. The summed E-state index contributed by atoms with van der Waals surface area (Å²) in [6.45, 7) is 4.23. The number of carbonyl (C=O) groups excluding carboxylic acids is 1. The number of aliphatic hydroxyl groups is 1. The van der Waals surface area contributed by atoms with Crippen LogP contribution >= 0.6 is 11.3 Å². The fourth-order valence-electron chi connectivity index (χ4n) is 2.28. The second-order valence-corrected chi connectivity index (χ2v) is 5.73. The number of anilines is 1. The maximum atomic E-state index is 12.1. The van der Waals surface area contributed by atoms with E-state index in [-0.39, 0.29) is 12.1 Å². The van der Waals surface area contributed by atoms with Gasteiger partial charge in [-0.2, -0.15) is 11.3 Å². The molecule has 1 aliphatic rings. The molecule has 2 amide bonds. The molecule has 17 heavy (non-hydrogen) atoms. The first-order valence-corrected chi connectivity index (χ1v) is 6.75. The lowest BCUT2D eigenvalue weighted by atomic mass is 9.97. The third-order valence-corrected chi connectivity index (χ3v) is 3.78. The van der Waals surface area contributed by atoms with Crippen LogP contribution in [0.25, 0.3) is 0 Å². The summed E-state index contributed by atoms with van der Waals surface area (Å²) in [5.41, 5.74) is -0.0240. The molecular formula is C12H18N2O2S. The Morgan fingerprint density at radius 2 is 2.41 bits per heavy atom. The molecule has 1 aromatic heterocycles. The zero-order valence-corrected chi connectivity index (χ0v) is 11.0. The third-order valence-electron chi connectivity index (χ3n) is 3.10. The van der Waals surface area contributed by atoms with E-state index in [0.717, 1.165) is 18.5 Å². The average molecular weight is 254 g/mol. The lowest BCUT2D eigenvalue weighted by Crippen LogP contribution is -2.49. The third kappa shape index (κ3) is 2.79. The quantitative estimate of drug-likeness (QED) is 0.852. The predicted molar refractivity (Wildman–Crippen MR) is 69.4 cm³/mol. The van der Waals surface area contributed by atoms with Crippen LogP contribution in [0.1, 0.15) is 26.7 Å². The van der Waals surface area contributed by atoms with E-state index in [1.807, 2.05) is 16.8 Å². The molecule has 1 aromatic rings. The van der Waals surface area contributed by atoms with Crippen molar-refractivity contribution in [3.8, 4) is 0 Å². The molecule has 2 heterocycles. The first kappa shape index (κ1) is 12.4. The monoisotopic (exact) mass is 254 g/mol. The van der Waals surface area contributed by atoms with Crippen LogP contribution in [0.2, 0.25) is 0 Å². The van der Waals surface area contributed by atoms with Crippen molar-refractivity contribution in [3.05, 3.63) is 16.8 Å². The molecule has 1 unspecified atom stereocenters. The number of hydrogen-bond acceptors (Lipinski definition) is 3. The molecule has 94 valence electrons. The molecular weight excluding hydrogens is 236 g/mol. The highest BCUT2D eigenvalue weighted by Gasteiger charge is 2.38. The number of hydrogen-bond donors (Lipinski definition) is 2. The molecule has 1 saturated heterocycles. The highest BCUT2D eigenvalue weighted by atomic mass is 32.1. The van der Waals surface area contributed by atoms with Crippen LogP contribution in [0.4, 0.5) is 10.5 Å². The summed E-state index contributed by atoms with van der Waals surface area (Å²) in [4.78, 5) is 13.8. The van der Waals surface area contributed by atoms with Gasteiger partial charge >= 0.3 is 6.03 Å². The van der Waals surface area contributed by atoms with Gasteiger partial charge < -0.3 is 15.3 Å². The van der Waals surface area contributed by atoms with Crippen molar-refractivity contribution < 1.29 is 9.90 Å². The fraction of sp³-hybridized carbons (Fsp3) is 0.583. The maximum absolute atomic E-state index is 12.1. The number of likely N-dealkylation sites (tertiary alicyclic amines) is 1. The van der Waals surface area contributed by atoms with Gasteiger partial charge in [0, 0.05) is 11.9 Å². The molecule has 0 aromatic carbocycles. The van der Waals surface area contributed by atoms with Crippen molar-refractivity contribution in [2.75, 3.05) is 11.9 Å². The number of thiophene rings is 1. The first-order chi connectivity index (χ1) is 7.98. The van der Waals surface area contributed by atoms with Gasteiger partial charge in [0.05, 0.1) is 17.3 Å². The van der Waals surface area contributed by atoms with Gasteiger partial charge in [0.15, 0.2) is 0 Å². The second-order valence-electron chi connectivity index (χ2n) is 4.95. The van der Waals surface area contributed by atoms with Crippen molar-refractivity contribution in [3.63, 3.8) is 0 Å². The van der Waals surface area contributed by atoms with Crippen LogP contribution in [-0.4, -0.2) is 34.2 Å². The minimum absolute atomic E-state index is 0.0962. The lowest BCUT2D eigenvalue weighted by Gasteiger charge is -2.33. The molecule has 0 saturated carbocycles. The van der Waals surface area contributed by atoms with E-state index in [2.05, 4.69) is 5.32 Å². The summed E-state index contributed by atoms with van der Waals surface area (Å²) in [6.07, 6.45) is 1.81. The van der Waals surface area contributed by atoms with E-state index in [1.165, 1.54) is 0 Å². The standard InChI is InChI=1S/C12H18N2O2S/c1-12(2,16)10-4-3-6-14(10)11(15)13-9-5-7-17-8-9/h5,7-8,10,16H,3-4,6H2,1-2H3,(H,13,15). The van der Waals surface area contributed by atoms with Gasteiger partial charge in [-0.15, -0.1) is 0 Å². The minimum atomic E-state index is -0.845. The smallest absolute Gasteiger partial charge is 0.322 e.